The van der Waals surface area contributed by atoms with Gasteiger partial charge in [0.25, 0.3) is 0 Å². The highest BCUT2D eigenvalue weighted by molar-refractivity contribution is 4.65. The summed E-state index contributed by atoms with van der Waals surface area (Å²) in [5, 5.41) is 0. The first kappa shape index (κ1) is 9.66. The molecule has 0 rings (SSSR count). The number of rotatable bonds is 7. The van der Waals surface area contributed by atoms with Gasteiger partial charge < -0.3 is 0 Å². The lowest BCUT2D eigenvalue weighted by Crippen LogP contribution is -2.06. The number of hydrogen-bond acceptors (Lipinski definition) is 1. The third-order valence-electron chi connectivity index (χ3n) is 1.13. The molecular weight excluding hydrogens is 126 g/mol. The van der Waals surface area contributed by atoms with Crippen LogP contribution in [0.1, 0.15) is 26.2 Å². The second-order valence-electron chi connectivity index (χ2n) is 2.14. The zero-order valence-electron chi connectivity index (χ0n) is 6.68. The van der Waals surface area contributed by atoms with E-state index in [1.165, 1.54) is 12.8 Å². The van der Waals surface area contributed by atoms with Gasteiger partial charge in [0.1, 0.15) is 0 Å². The van der Waals surface area contributed by atoms with E-state index in [4.69, 9.17) is 4.84 Å². The molecule has 0 aliphatic rings. The molecule has 2 nitrogen and oxygen atoms in total. The molecule has 59 valence electrons. The first-order valence-electron chi connectivity index (χ1n) is 3.81. The monoisotopic (exact) mass is 142 g/mol. The van der Waals surface area contributed by atoms with Crippen LogP contribution in [0.4, 0.5) is 0 Å². The molecule has 0 aromatic heterocycles. The minimum atomic E-state index is 0.603. The molecule has 0 atom stereocenters. The van der Waals surface area contributed by atoms with E-state index in [0.29, 0.717) is 6.54 Å². The van der Waals surface area contributed by atoms with Crippen LogP contribution in [0, 0.1) is 0 Å². The first-order valence-corrected chi connectivity index (χ1v) is 3.81. The Morgan fingerprint density at radius 2 is 2.30 bits per heavy atom. The van der Waals surface area contributed by atoms with Crippen LogP contribution in [-0.4, -0.2) is 13.2 Å². The van der Waals surface area contributed by atoms with Gasteiger partial charge in [0.05, 0.1) is 13.2 Å². The van der Waals surface area contributed by atoms with Crippen molar-refractivity contribution in [3.05, 3.63) is 12.7 Å². The summed E-state index contributed by atoms with van der Waals surface area (Å²) >= 11 is 0. The normalized spacial score (nSPS) is 9.70. The van der Waals surface area contributed by atoms with Crippen molar-refractivity contribution in [2.45, 2.75) is 26.2 Å². The van der Waals surface area contributed by atoms with Crippen LogP contribution in [0.3, 0.4) is 0 Å². The standard InChI is InChI=1S/C8H16NO/c1-3-5-6-8-10-9-7-4-2/h4H,2-3,5-8H2,1H3. The second kappa shape index (κ2) is 8.66. The Morgan fingerprint density at radius 3 is 2.90 bits per heavy atom. The van der Waals surface area contributed by atoms with E-state index in [1.54, 1.807) is 6.08 Å². The van der Waals surface area contributed by atoms with Gasteiger partial charge in [-0.25, -0.2) is 0 Å². The molecule has 0 aliphatic carbocycles. The molecule has 0 bridgehead atoms. The Bertz CT molecular complexity index is 73.7. The Labute approximate surface area is 63.2 Å². The van der Waals surface area contributed by atoms with Gasteiger partial charge in [-0.05, 0) is 6.42 Å². The summed E-state index contributed by atoms with van der Waals surface area (Å²) in [6, 6.07) is 0. The first-order chi connectivity index (χ1) is 4.91. The Kier molecular flexibility index (Phi) is 8.37. The third kappa shape index (κ3) is 7.66. The molecule has 0 aromatic rings. The summed E-state index contributed by atoms with van der Waals surface area (Å²) in [5.41, 5.74) is 3.74. The van der Waals surface area contributed by atoms with Gasteiger partial charge in [-0.1, -0.05) is 31.3 Å². The molecule has 0 spiro atoms. The van der Waals surface area contributed by atoms with E-state index >= 15 is 0 Å². The third-order valence-corrected chi connectivity index (χ3v) is 1.13. The van der Waals surface area contributed by atoms with E-state index in [1.807, 2.05) is 0 Å². The van der Waals surface area contributed by atoms with Crippen molar-refractivity contribution in [1.82, 2.24) is 5.48 Å². The second-order valence-corrected chi connectivity index (χ2v) is 2.14. The van der Waals surface area contributed by atoms with Crippen LogP contribution in [0.25, 0.3) is 0 Å². The summed E-state index contributed by atoms with van der Waals surface area (Å²) in [6.07, 6.45) is 5.28. The highest BCUT2D eigenvalue weighted by Crippen LogP contribution is 1.92. The lowest BCUT2D eigenvalue weighted by atomic mass is 10.3. The van der Waals surface area contributed by atoms with Crippen LogP contribution >= 0.6 is 0 Å². The Morgan fingerprint density at radius 1 is 1.50 bits per heavy atom. The van der Waals surface area contributed by atoms with Crippen molar-refractivity contribution in [3.63, 3.8) is 0 Å². The van der Waals surface area contributed by atoms with Crippen LogP contribution in [0.5, 0.6) is 0 Å². The van der Waals surface area contributed by atoms with E-state index in [0.717, 1.165) is 13.0 Å². The predicted molar refractivity (Wildman–Crippen MR) is 42.7 cm³/mol. The van der Waals surface area contributed by atoms with Gasteiger partial charge in [-0.3, -0.25) is 4.84 Å². The van der Waals surface area contributed by atoms with Gasteiger partial charge >= 0.3 is 0 Å². The zero-order valence-corrected chi connectivity index (χ0v) is 6.68. The van der Waals surface area contributed by atoms with Gasteiger partial charge in [0.15, 0.2) is 0 Å². The van der Waals surface area contributed by atoms with Crippen molar-refractivity contribution in [3.8, 4) is 0 Å². The molecule has 1 radical (unpaired) electrons. The predicted octanol–water partition coefficient (Wildman–Crippen LogP) is 1.90. The SMILES string of the molecule is C=CC[N]OCCCCC. The number of nitrogens with zero attached hydrogens (tertiary/aromatic N) is 1. The molecule has 0 aliphatic heterocycles. The fourth-order valence-corrected chi connectivity index (χ4v) is 0.587. The fraction of sp³-hybridized carbons (Fsp3) is 0.750. The van der Waals surface area contributed by atoms with Crippen LogP contribution in [0.15, 0.2) is 12.7 Å². The highest BCUT2D eigenvalue weighted by Gasteiger charge is 1.86. The minimum Gasteiger partial charge on any atom is -0.282 e. The van der Waals surface area contributed by atoms with Crippen LogP contribution in [0.2, 0.25) is 0 Å². The molecule has 0 fully saturated rings. The average Bonchev–Trinajstić information content (AvgIpc) is 1.97. The fourth-order valence-electron chi connectivity index (χ4n) is 0.587. The molecule has 10 heavy (non-hydrogen) atoms. The summed E-state index contributed by atoms with van der Waals surface area (Å²) < 4.78 is 0. The van der Waals surface area contributed by atoms with Gasteiger partial charge in [-0.15, -0.1) is 6.58 Å². The zero-order chi connectivity index (χ0) is 7.66. The van der Waals surface area contributed by atoms with Crippen molar-refractivity contribution >= 4 is 0 Å². The Balaban J connectivity index is 2.70. The molecule has 0 unspecified atom stereocenters. The van der Waals surface area contributed by atoms with Crippen LogP contribution < -0.4 is 5.48 Å². The number of unbranched alkanes of at least 4 members (excludes halogenated alkanes) is 2. The average molecular weight is 142 g/mol. The van der Waals surface area contributed by atoms with E-state index < -0.39 is 0 Å². The van der Waals surface area contributed by atoms with Gasteiger partial charge in [0, 0.05) is 0 Å². The van der Waals surface area contributed by atoms with Gasteiger partial charge in [-0.2, -0.15) is 0 Å². The topological polar surface area (TPSA) is 23.3 Å². The quantitative estimate of drug-likeness (QED) is 0.302. The summed E-state index contributed by atoms with van der Waals surface area (Å²) in [7, 11) is 0. The van der Waals surface area contributed by atoms with E-state index in [-0.39, 0.29) is 0 Å². The number of hydroxylamine groups is 1. The Hall–Kier alpha value is -0.340. The maximum absolute atomic E-state index is 4.93. The summed E-state index contributed by atoms with van der Waals surface area (Å²) in [4.78, 5) is 4.93. The molecule has 0 aromatic carbocycles. The largest absolute Gasteiger partial charge is 0.282 e. The van der Waals surface area contributed by atoms with E-state index in [9.17, 15) is 0 Å². The smallest absolute Gasteiger partial charge is 0.0702 e. The molecule has 0 N–H and O–H groups in total. The molecule has 0 saturated heterocycles. The molecule has 0 heterocycles. The minimum absolute atomic E-state index is 0.603. The van der Waals surface area contributed by atoms with Crippen LogP contribution in [-0.2, 0) is 4.84 Å². The maximum atomic E-state index is 4.93. The van der Waals surface area contributed by atoms with Gasteiger partial charge in [0.2, 0.25) is 0 Å². The van der Waals surface area contributed by atoms with Crippen molar-refractivity contribution in [2.24, 2.45) is 0 Å². The van der Waals surface area contributed by atoms with Crippen molar-refractivity contribution in [1.29, 1.82) is 0 Å². The summed E-state index contributed by atoms with van der Waals surface area (Å²) in [5.74, 6) is 0. The molecule has 2 heteroatoms. The summed E-state index contributed by atoms with van der Waals surface area (Å²) in [6.45, 7) is 7.04. The molecule has 0 amide bonds. The molecule has 0 saturated carbocycles. The maximum Gasteiger partial charge on any atom is 0.0702 e. The van der Waals surface area contributed by atoms with Crippen molar-refractivity contribution in [2.75, 3.05) is 13.2 Å². The number of hydrogen-bond donors (Lipinski definition) is 0. The lowest BCUT2D eigenvalue weighted by Gasteiger charge is -1.98. The lowest BCUT2D eigenvalue weighted by molar-refractivity contribution is 0.0380. The van der Waals surface area contributed by atoms with Crippen molar-refractivity contribution < 1.29 is 4.84 Å². The highest BCUT2D eigenvalue weighted by atomic mass is 16.6. The van der Waals surface area contributed by atoms with E-state index in [2.05, 4.69) is 19.0 Å². The molecular formula is C8H16NO.